The Hall–Kier alpha value is -2.93. The minimum atomic E-state index is -3.36. The van der Waals surface area contributed by atoms with Crippen molar-refractivity contribution >= 4 is 38.2 Å². The first-order valence-electron chi connectivity index (χ1n) is 9.11. The van der Waals surface area contributed by atoms with Gasteiger partial charge in [-0.25, -0.2) is 13.4 Å². The van der Waals surface area contributed by atoms with Crippen LogP contribution in [0.15, 0.2) is 48.5 Å². The molecule has 28 heavy (non-hydrogen) atoms. The van der Waals surface area contributed by atoms with Crippen molar-refractivity contribution in [1.29, 1.82) is 0 Å². The van der Waals surface area contributed by atoms with Gasteiger partial charge in [0.2, 0.25) is 10.0 Å². The van der Waals surface area contributed by atoms with Crippen molar-refractivity contribution in [1.82, 2.24) is 4.98 Å². The molecule has 0 spiro atoms. The fourth-order valence-electron chi connectivity index (χ4n) is 3.62. The Labute approximate surface area is 164 Å². The lowest BCUT2D eigenvalue weighted by atomic mass is 10.0. The Morgan fingerprint density at radius 2 is 1.93 bits per heavy atom. The van der Waals surface area contributed by atoms with Gasteiger partial charge in [-0.2, -0.15) is 0 Å². The van der Waals surface area contributed by atoms with E-state index in [0.29, 0.717) is 23.6 Å². The van der Waals surface area contributed by atoms with E-state index < -0.39 is 10.0 Å². The van der Waals surface area contributed by atoms with E-state index in [0.717, 1.165) is 34.9 Å². The molecule has 1 aliphatic rings. The molecule has 144 valence electrons. The van der Waals surface area contributed by atoms with E-state index in [2.05, 4.69) is 10.3 Å². The van der Waals surface area contributed by atoms with Crippen LogP contribution in [0.25, 0.3) is 10.9 Å². The lowest BCUT2D eigenvalue weighted by molar-refractivity contribution is 0.102. The molecule has 0 atom stereocenters. The second-order valence-electron chi connectivity index (χ2n) is 7.08. The maximum absolute atomic E-state index is 12.8. The number of carbonyl (C=O) groups is 1. The highest BCUT2D eigenvalue weighted by molar-refractivity contribution is 7.92. The van der Waals surface area contributed by atoms with Crippen LogP contribution >= 0.6 is 0 Å². The zero-order valence-corrected chi connectivity index (χ0v) is 16.6. The molecule has 0 aliphatic carbocycles. The Balaban J connectivity index is 1.66. The van der Waals surface area contributed by atoms with Crippen LogP contribution in [0, 0.1) is 6.92 Å². The van der Waals surface area contributed by atoms with Gasteiger partial charge in [0.25, 0.3) is 5.91 Å². The number of hydrogen-bond acceptors (Lipinski definition) is 4. The molecule has 7 heteroatoms. The number of benzene rings is 2. The van der Waals surface area contributed by atoms with Gasteiger partial charge in [0.1, 0.15) is 5.69 Å². The number of aromatic nitrogens is 1. The first kappa shape index (κ1) is 18.4. The first-order chi connectivity index (χ1) is 13.3. The van der Waals surface area contributed by atoms with Crippen molar-refractivity contribution in [3.8, 4) is 0 Å². The summed E-state index contributed by atoms with van der Waals surface area (Å²) in [5.74, 6) is -0.324. The van der Waals surface area contributed by atoms with Crippen molar-refractivity contribution in [3.63, 3.8) is 0 Å². The summed E-state index contributed by atoms with van der Waals surface area (Å²) in [4.78, 5) is 17.2. The summed E-state index contributed by atoms with van der Waals surface area (Å²) in [5, 5.41) is 3.86. The van der Waals surface area contributed by atoms with Crippen LogP contribution in [-0.4, -0.2) is 32.1 Å². The highest BCUT2D eigenvalue weighted by atomic mass is 32.2. The maximum atomic E-state index is 12.8. The summed E-state index contributed by atoms with van der Waals surface area (Å²) in [6.07, 6.45) is 2.81. The van der Waals surface area contributed by atoms with Gasteiger partial charge in [-0.1, -0.05) is 24.3 Å². The first-order valence-corrected chi connectivity index (χ1v) is 11.0. The Kier molecular flexibility index (Phi) is 4.55. The van der Waals surface area contributed by atoms with E-state index in [1.165, 1.54) is 10.6 Å². The smallest absolute Gasteiger partial charge is 0.274 e. The van der Waals surface area contributed by atoms with E-state index in [9.17, 15) is 13.2 Å². The predicted octanol–water partition coefficient (Wildman–Crippen LogP) is 3.51. The van der Waals surface area contributed by atoms with Gasteiger partial charge in [-0.3, -0.25) is 9.10 Å². The van der Waals surface area contributed by atoms with Crippen LogP contribution < -0.4 is 9.62 Å². The van der Waals surface area contributed by atoms with Gasteiger partial charge in [0.15, 0.2) is 0 Å². The fraction of sp³-hybridized carbons (Fsp3) is 0.238. The van der Waals surface area contributed by atoms with Crippen molar-refractivity contribution in [2.24, 2.45) is 0 Å². The Morgan fingerprint density at radius 3 is 2.71 bits per heavy atom. The van der Waals surface area contributed by atoms with Crippen LogP contribution in [0.3, 0.4) is 0 Å². The predicted molar refractivity (Wildman–Crippen MR) is 111 cm³/mol. The third-order valence-corrected chi connectivity index (χ3v) is 6.16. The van der Waals surface area contributed by atoms with Crippen molar-refractivity contribution in [3.05, 3.63) is 65.4 Å². The van der Waals surface area contributed by atoms with Crippen LogP contribution in [0.5, 0.6) is 0 Å². The summed E-state index contributed by atoms with van der Waals surface area (Å²) >= 11 is 0. The largest absolute Gasteiger partial charge is 0.321 e. The zero-order valence-electron chi connectivity index (χ0n) is 15.8. The second kappa shape index (κ2) is 6.91. The molecule has 0 bridgehead atoms. The molecular formula is C21H21N3O3S. The molecule has 2 aromatic carbocycles. The molecule has 4 rings (SSSR count). The van der Waals surface area contributed by atoms with Crippen molar-refractivity contribution in [2.45, 2.75) is 19.8 Å². The maximum Gasteiger partial charge on any atom is 0.274 e. The highest BCUT2D eigenvalue weighted by Gasteiger charge is 2.24. The third kappa shape index (κ3) is 3.45. The average Bonchev–Trinajstić information content (AvgIpc) is 2.66. The standard InChI is InChI=1S/C21H21N3O3S/c1-14-12-19(23-18-8-4-3-7-17(14)18)21(25)22-16-10-9-15-6-5-11-24(20(15)13-16)28(2,26)27/h3-4,7-10,12-13H,5-6,11H2,1-2H3,(H,22,25). The van der Waals surface area contributed by atoms with Crippen LogP contribution in [0.1, 0.15) is 28.0 Å². The number of anilines is 2. The zero-order chi connectivity index (χ0) is 19.9. The molecule has 1 aromatic heterocycles. The number of aryl methyl sites for hydroxylation is 2. The minimum Gasteiger partial charge on any atom is -0.321 e. The second-order valence-corrected chi connectivity index (χ2v) is 8.98. The summed E-state index contributed by atoms with van der Waals surface area (Å²) in [6, 6.07) is 14.8. The van der Waals surface area contributed by atoms with Gasteiger partial charge < -0.3 is 5.32 Å². The number of amides is 1. The van der Waals surface area contributed by atoms with E-state index in [1.54, 1.807) is 18.2 Å². The number of fused-ring (bicyclic) bond motifs is 2. The molecule has 2 heterocycles. The van der Waals surface area contributed by atoms with Crippen LogP contribution in [0.2, 0.25) is 0 Å². The quantitative estimate of drug-likeness (QED) is 0.736. The fourth-order valence-corrected chi connectivity index (χ4v) is 4.61. The molecule has 0 unspecified atom stereocenters. The van der Waals surface area contributed by atoms with Crippen LogP contribution in [-0.2, 0) is 16.4 Å². The van der Waals surface area contributed by atoms with E-state index in [-0.39, 0.29) is 5.91 Å². The molecular weight excluding hydrogens is 374 g/mol. The van der Waals surface area contributed by atoms with E-state index in [1.807, 2.05) is 37.3 Å². The molecule has 3 aromatic rings. The molecule has 0 fully saturated rings. The van der Waals surface area contributed by atoms with E-state index in [4.69, 9.17) is 0 Å². The number of pyridine rings is 1. The lowest BCUT2D eigenvalue weighted by Gasteiger charge is -2.29. The molecule has 6 nitrogen and oxygen atoms in total. The Morgan fingerprint density at radius 1 is 1.14 bits per heavy atom. The van der Waals surface area contributed by atoms with Crippen molar-refractivity contribution in [2.75, 3.05) is 22.4 Å². The van der Waals surface area contributed by atoms with Gasteiger partial charge in [-0.05, 0) is 55.2 Å². The van der Waals surface area contributed by atoms with Gasteiger partial charge >= 0.3 is 0 Å². The lowest BCUT2D eigenvalue weighted by Crippen LogP contribution is -2.34. The van der Waals surface area contributed by atoms with Gasteiger partial charge in [0.05, 0.1) is 17.5 Å². The number of hydrogen-bond donors (Lipinski definition) is 1. The van der Waals surface area contributed by atoms with Gasteiger partial charge in [-0.15, -0.1) is 0 Å². The SMILES string of the molecule is Cc1cc(C(=O)Nc2ccc3c(c2)N(S(C)(=O)=O)CCC3)nc2ccccc12. The summed E-state index contributed by atoms with van der Waals surface area (Å²) in [6.45, 7) is 2.40. The molecule has 1 amide bonds. The molecule has 0 radical (unpaired) electrons. The van der Waals surface area contributed by atoms with Crippen molar-refractivity contribution < 1.29 is 13.2 Å². The summed E-state index contributed by atoms with van der Waals surface area (Å²) in [5.41, 5.74) is 4.22. The number of para-hydroxylation sites is 1. The number of nitrogens with zero attached hydrogens (tertiary/aromatic N) is 2. The summed E-state index contributed by atoms with van der Waals surface area (Å²) in [7, 11) is -3.36. The highest BCUT2D eigenvalue weighted by Crippen LogP contribution is 2.32. The van der Waals surface area contributed by atoms with E-state index >= 15 is 0 Å². The minimum absolute atomic E-state index is 0.324. The molecule has 1 aliphatic heterocycles. The number of nitrogens with one attached hydrogen (secondary N) is 1. The monoisotopic (exact) mass is 395 g/mol. The summed E-state index contributed by atoms with van der Waals surface area (Å²) < 4.78 is 25.6. The third-order valence-electron chi connectivity index (χ3n) is 4.98. The Bertz CT molecular complexity index is 1190. The molecule has 0 saturated heterocycles. The normalized spacial score (nSPS) is 14.0. The topological polar surface area (TPSA) is 79.4 Å². The molecule has 1 N–H and O–H groups in total. The molecule has 0 saturated carbocycles. The number of rotatable bonds is 3. The van der Waals surface area contributed by atoms with Crippen LogP contribution in [0.4, 0.5) is 11.4 Å². The number of carbonyl (C=O) groups excluding carboxylic acids is 1. The number of sulfonamides is 1. The average molecular weight is 395 g/mol. The van der Waals surface area contributed by atoms with Gasteiger partial charge in [0, 0.05) is 17.6 Å².